The Morgan fingerprint density at radius 2 is 1.90 bits per heavy atom. The first-order valence-corrected chi connectivity index (χ1v) is 6.93. The zero-order valence-electron chi connectivity index (χ0n) is 12.9. The molecule has 2 rings (SSSR count). The minimum atomic E-state index is -0.00948. The van der Waals surface area contributed by atoms with E-state index in [1.54, 1.807) is 0 Å². The smallest absolute Gasteiger partial charge is 0.253 e. The van der Waals surface area contributed by atoms with Crippen molar-refractivity contribution in [1.29, 1.82) is 0 Å². The number of amides is 1. The first-order valence-electron chi connectivity index (χ1n) is 6.93. The van der Waals surface area contributed by atoms with Gasteiger partial charge in [-0.05, 0) is 57.3 Å². The third-order valence-corrected chi connectivity index (χ3v) is 3.96. The summed E-state index contributed by atoms with van der Waals surface area (Å²) in [5.74, 6) is -0.00948. The molecule has 0 saturated carbocycles. The van der Waals surface area contributed by atoms with Crippen molar-refractivity contribution < 1.29 is 4.79 Å². The molecule has 0 unspecified atom stereocenters. The zero-order valence-corrected chi connectivity index (χ0v) is 14.5. The average Bonchev–Trinajstić information content (AvgIpc) is 2.37. The molecule has 1 aliphatic rings. The number of rotatable bonds is 3. The number of pyridine rings is 1. The highest BCUT2D eigenvalue weighted by atomic mass is 35.5. The zero-order chi connectivity index (χ0) is 13.9. The highest BCUT2D eigenvalue weighted by molar-refractivity contribution is 5.95. The molecule has 21 heavy (non-hydrogen) atoms. The molecule has 0 bridgehead atoms. The maximum absolute atomic E-state index is 12.2. The molecule has 120 valence electrons. The van der Waals surface area contributed by atoms with E-state index in [1.165, 1.54) is 0 Å². The van der Waals surface area contributed by atoms with Crippen LogP contribution >= 0.6 is 24.8 Å². The third-order valence-electron chi connectivity index (χ3n) is 3.96. The van der Waals surface area contributed by atoms with Gasteiger partial charge >= 0.3 is 0 Å². The molecule has 1 amide bonds. The molecule has 0 atom stereocenters. The summed E-state index contributed by atoms with van der Waals surface area (Å²) in [4.78, 5) is 16.5. The van der Waals surface area contributed by atoms with Crippen LogP contribution in [0.5, 0.6) is 0 Å². The Bertz CT molecular complexity index is 474. The summed E-state index contributed by atoms with van der Waals surface area (Å²) in [7, 11) is 0. The molecule has 2 heterocycles. The highest BCUT2D eigenvalue weighted by Crippen LogP contribution is 2.26. The van der Waals surface area contributed by atoms with Gasteiger partial charge in [-0.3, -0.25) is 9.78 Å². The Kier molecular flexibility index (Phi) is 8.22. The van der Waals surface area contributed by atoms with Crippen LogP contribution in [-0.2, 0) is 0 Å². The molecule has 1 aromatic heterocycles. The van der Waals surface area contributed by atoms with Gasteiger partial charge in [0.1, 0.15) is 0 Å². The SMILES string of the molecule is Cc1ccc(C(=O)NCC2(C)CCNCC2)c(C)n1.Cl.Cl. The number of halogens is 2. The summed E-state index contributed by atoms with van der Waals surface area (Å²) in [5, 5.41) is 6.41. The van der Waals surface area contributed by atoms with Crippen LogP contribution < -0.4 is 10.6 Å². The number of aryl methyl sites for hydroxylation is 2. The summed E-state index contributed by atoms with van der Waals surface area (Å²) in [6.45, 7) is 8.88. The van der Waals surface area contributed by atoms with E-state index in [-0.39, 0.29) is 36.1 Å². The van der Waals surface area contributed by atoms with Gasteiger partial charge in [-0.2, -0.15) is 0 Å². The summed E-state index contributed by atoms with van der Waals surface area (Å²) in [6.07, 6.45) is 2.22. The molecule has 0 aliphatic carbocycles. The minimum absolute atomic E-state index is 0. The normalized spacial score (nSPS) is 16.3. The molecule has 1 fully saturated rings. The number of carbonyl (C=O) groups is 1. The van der Waals surface area contributed by atoms with Gasteiger partial charge in [-0.1, -0.05) is 6.92 Å². The van der Waals surface area contributed by atoms with E-state index in [1.807, 2.05) is 26.0 Å². The van der Waals surface area contributed by atoms with E-state index in [2.05, 4.69) is 22.5 Å². The molecule has 1 saturated heterocycles. The highest BCUT2D eigenvalue weighted by Gasteiger charge is 2.27. The molecule has 0 aromatic carbocycles. The molecular formula is C15H25Cl2N3O. The van der Waals surface area contributed by atoms with Crippen molar-refractivity contribution in [2.75, 3.05) is 19.6 Å². The maximum atomic E-state index is 12.2. The van der Waals surface area contributed by atoms with Gasteiger partial charge in [0.25, 0.3) is 5.91 Å². The number of nitrogens with zero attached hydrogens (tertiary/aromatic N) is 1. The molecule has 6 heteroatoms. The van der Waals surface area contributed by atoms with Crippen LogP contribution in [0.25, 0.3) is 0 Å². The first kappa shape index (κ1) is 20.2. The Morgan fingerprint density at radius 1 is 1.29 bits per heavy atom. The third kappa shape index (κ3) is 5.46. The van der Waals surface area contributed by atoms with Gasteiger partial charge in [-0.15, -0.1) is 24.8 Å². The number of hydrogen-bond acceptors (Lipinski definition) is 3. The average molecular weight is 334 g/mol. The van der Waals surface area contributed by atoms with Crippen molar-refractivity contribution in [2.45, 2.75) is 33.6 Å². The van der Waals surface area contributed by atoms with Crippen molar-refractivity contribution >= 4 is 30.7 Å². The van der Waals surface area contributed by atoms with Gasteiger partial charge in [0.05, 0.1) is 11.3 Å². The lowest BCUT2D eigenvalue weighted by atomic mass is 9.81. The minimum Gasteiger partial charge on any atom is -0.351 e. The second kappa shape index (κ2) is 8.57. The molecule has 2 N–H and O–H groups in total. The van der Waals surface area contributed by atoms with E-state index in [0.29, 0.717) is 5.56 Å². The summed E-state index contributed by atoms with van der Waals surface area (Å²) in [5.41, 5.74) is 2.64. The second-order valence-electron chi connectivity index (χ2n) is 5.83. The van der Waals surface area contributed by atoms with E-state index < -0.39 is 0 Å². The van der Waals surface area contributed by atoms with E-state index >= 15 is 0 Å². The number of aromatic nitrogens is 1. The van der Waals surface area contributed by atoms with Gasteiger partial charge < -0.3 is 10.6 Å². The molecule has 0 spiro atoms. The van der Waals surface area contributed by atoms with Crippen molar-refractivity contribution in [3.05, 3.63) is 29.1 Å². The number of hydrogen-bond donors (Lipinski definition) is 2. The lowest BCUT2D eigenvalue weighted by Crippen LogP contribution is -2.43. The van der Waals surface area contributed by atoms with Crippen molar-refractivity contribution in [3.8, 4) is 0 Å². The Morgan fingerprint density at radius 3 is 2.48 bits per heavy atom. The molecule has 4 nitrogen and oxygen atoms in total. The molecule has 0 radical (unpaired) electrons. The lowest BCUT2D eigenvalue weighted by molar-refractivity contribution is 0.0921. The van der Waals surface area contributed by atoms with Gasteiger partial charge in [0.2, 0.25) is 0 Å². The van der Waals surface area contributed by atoms with Crippen LogP contribution in [0.3, 0.4) is 0 Å². The van der Waals surface area contributed by atoms with Crippen LogP contribution in [0.2, 0.25) is 0 Å². The summed E-state index contributed by atoms with van der Waals surface area (Å²) < 4.78 is 0. The molecule has 1 aromatic rings. The largest absolute Gasteiger partial charge is 0.351 e. The topological polar surface area (TPSA) is 54.0 Å². The van der Waals surface area contributed by atoms with Crippen LogP contribution in [0, 0.1) is 19.3 Å². The number of nitrogens with one attached hydrogen (secondary N) is 2. The first-order chi connectivity index (χ1) is 9.00. The fourth-order valence-corrected chi connectivity index (χ4v) is 2.52. The maximum Gasteiger partial charge on any atom is 0.253 e. The quantitative estimate of drug-likeness (QED) is 0.894. The van der Waals surface area contributed by atoms with E-state index in [9.17, 15) is 4.79 Å². The molecular weight excluding hydrogens is 309 g/mol. The standard InChI is InChI=1S/C15H23N3O.2ClH/c1-11-4-5-13(12(2)18-11)14(19)17-10-15(3)6-8-16-9-7-15;;/h4-5,16H,6-10H2,1-3H3,(H,17,19);2*1H. The number of piperidine rings is 1. The van der Waals surface area contributed by atoms with E-state index in [0.717, 1.165) is 43.9 Å². The summed E-state index contributed by atoms with van der Waals surface area (Å²) in [6, 6.07) is 3.74. The van der Waals surface area contributed by atoms with Crippen molar-refractivity contribution in [1.82, 2.24) is 15.6 Å². The fourth-order valence-electron chi connectivity index (χ4n) is 2.52. The predicted molar refractivity (Wildman–Crippen MR) is 90.8 cm³/mol. The van der Waals surface area contributed by atoms with Crippen molar-refractivity contribution in [3.63, 3.8) is 0 Å². The summed E-state index contributed by atoms with van der Waals surface area (Å²) >= 11 is 0. The Labute approximate surface area is 139 Å². The Hall–Kier alpha value is -0.840. The lowest BCUT2D eigenvalue weighted by Gasteiger charge is -2.34. The van der Waals surface area contributed by atoms with Crippen LogP contribution in [0.15, 0.2) is 12.1 Å². The van der Waals surface area contributed by atoms with Gasteiger partial charge in [0, 0.05) is 12.2 Å². The van der Waals surface area contributed by atoms with Crippen molar-refractivity contribution in [2.24, 2.45) is 5.41 Å². The van der Waals surface area contributed by atoms with Crippen LogP contribution in [-0.4, -0.2) is 30.5 Å². The van der Waals surface area contributed by atoms with Crippen LogP contribution in [0.4, 0.5) is 0 Å². The van der Waals surface area contributed by atoms with Gasteiger partial charge in [-0.25, -0.2) is 0 Å². The van der Waals surface area contributed by atoms with Crippen LogP contribution in [0.1, 0.15) is 41.5 Å². The fraction of sp³-hybridized carbons (Fsp3) is 0.600. The predicted octanol–water partition coefficient (Wildman–Crippen LogP) is 2.66. The van der Waals surface area contributed by atoms with Gasteiger partial charge in [0.15, 0.2) is 0 Å². The molecule has 1 aliphatic heterocycles. The Balaban J connectivity index is 0.00000200. The second-order valence-corrected chi connectivity index (χ2v) is 5.83. The monoisotopic (exact) mass is 333 g/mol. The number of carbonyl (C=O) groups excluding carboxylic acids is 1. The van der Waals surface area contributed by atoms with E-state index in [4.69, 9.17) is 0 Å².